The smallest absolute Gasteiger partial charge is 0.220 e. The molecule has 4 nitrogen and oxygen atoms in total. The third kappa shape index (κ3) is 4.56. The number of aromatic nitrogens is 1. The van der Waals surface area contributed by atoms with Crippen LogP contribution < -0.4 is 5.32 Å². The van der Waals surface area contributed by atoms with Gasteiger partial charge < -0.3 is 10.1 Å². The van der Waals surface area contributed by atoms with Crippen LogP contribution in [0, 0.1) is 12.8 Å². The molecular formula is C15H24N2O2S. The second-order valence-electron chi connectivity index (χ2n) is 5.43. The van der Waals surface area contributed by atoms with Crippen LogP contribution in [0.15, 0.2) is 0 Å². The van der Waals surface area contributed by atoms with Crippen LogP contribution in [0.2, 0.25) is 0 Å². The number of thiazole rings is 1. The van der Waals surface area contributed by atoms with Crippen molar-refractivity contribution >= 4 is 17.2 Å². The molecule has 2 rings (SSSR count). The van der Waals surface area contributed by atoms with Crippen molar-refractivity contribution in [2.45, 2.75) is 52.5 Å². The number of hydrogen-bond acceptors (Lipinski definition) is 4. The zero-order chi connectivity index (χ0) is 14.4. The molecule has 0 unspecified atom stereocenters. The molecular weight excluding hydrogens is 272 g/mol. The standard InChI is InChI=1S/C15H24N2O2S/c1-3-5-15-17-11(2)13(20-15)9-16-14(18)8-12-6-4-7-19-10-12/h12H,3-10H2,1-2H3,(H,16,18)/t12-/m0/s1. The summed E-state index contributed by atoms with van der Waals surface area (Å²) in [6.07, 6.45) is 4.90. The summed E-state index contributed by atoms with van der Waals surface area (Å²) < 4.78 is 5.41. The Bertz CT molecular complexity index is 439. The number of aryl methyl sites for hydroxylation is 2. The van der Waals surface area contributed by atoms with E-state index in [2.05, 4.69) is 17.2 Å². The molecule has 20 heavy (non-hydrogen) atoms. The molecule has 2 heterocycles. The SMILES string of the molecule is CCCc1nc(C)c(CNC(=O)C[C@@H]2CCCOC2)s1. The first-order valence-corrected chi connectivity index (χ1v) is 8.30. The molecule has 1 fully saturated rings. The van der Waals surface area contributed by atoms with E-state index < -0.39 is 0 Å². The minimum atomic E-state index is 0.130. The van der Waals surface area contributed by atoms with E-state index in [0.29, 0.717) is 18.9 Å². The van der Waals surface area contributed by atoms with Gasteiger partial charge in [-0.2, -0.15) is 0 Å². The Hall–Kier alpha value is -0.940. The van der Waals surface area contributed by atoms with Crippen molar-refractivity contribution in [2.24, 2.45) is 5.92 Å². The lowest BCUT2D eigenvalue weighted by atomic mass is 9.98. The molecule has 0 aliphatic carbocycles. The Morgan fingerprint density at radius 3 is 3.10 bits per heavy atom. The molecule has 1 aliphatic heterocycles. The van der Waals surface area contributed by atoms with Gasteiger partial charge in [0.05, 0.1) is 17.2 Å². The summed E-state index contributed by atoms with van der Waals surface area (Å²) in [7, 11) is 0. The summed E-state index contributed by atoms with van der Waals surface area (Å²) in [4.78, 5) is 17.7. The summed E-state index contributed by atoms with van der Waals surface area (Å²) >= 11 is 1.72. The number of nitrogens with zero attached hydrogens (tertiary/aromatic N) is 1. The normalized spacial score (nSPS) is 19.0. The van der Waals surface area contributed by atoms with E-state index in [-0.39, 0.29) is 5.91 Å². The van der Waals surface area contributed by atoms with Crippen LogP contribution in [-0.2, 0) is 22.5 Å². The minimum absolute atomic E-state index is 0.130. The second kappa shape index (κ2) is 7.74. The summed E-state index contributed by atoms with van der Waals surface area (Å²) in [6.45, 7) is 6.36. The van der Waals surface area contributed by atoms with Crippen LogP contribution in [0.1, 0.15) is 48.2 Å². The molecule has 0 spiro atoms. The van der Waals surface area contributed by atoms with Gasteiger partial charge in [-0.3, -0.25) is 4.79 Å². The summed E-state index contributed by atoms with van der Waals surface area (Å²) in [5.41, 5.74) is 1.06. The molecule has 5 heteroatoms. The first-order valence-electron chi connectivity index (χ1n) is 7.48. The Labute approximate surface area is 124 Å². The Morgan fingerprint density at radius 2 is 2.40 bits per heavy atom. The lowest BCUT2D eigenvalue weighted by Crippen LogP contribution is -2.28. The highest BCUT2D eigenvalue weighted by atomic mass is 32.1. The summed E-state index contributed by atoms with van der Waals surface area (Å²) in [5.74, 6) is 0.521. The highest BCUT2D eigenvalue weighted by Crippen LogP contribution is 2.20. The molecule has 0 bridgehead atoms. The van der Waals surface area contributed by atoms with Gasteiger partial charge in [0.25, 0.3) is 0 Å². The summed E-state index contributed by atoms with van der Waals surface area (Å²) in [5, 5.41) is 4.19. The van der Waals surface area contributed by atoms with Crippen LogP contribution >= 0.6 is 11.3 Å². The molecule has 1 saturated heterocycles. The van der Waals surface area contributed by atoms with Gasteiger partial charge in [-0.25, -0.2) is 4.98 Å². The second-order valence-corrected chi connectivity index (χ2v) is 6.60. The maximum Gasteiger partial charge on any atom is 0.220 e. The predicted molar refractivity (Wildman–Crippen MR) is 80.9 cm³/mol. The number of carbonyl (C=O) groups excluding carboxylic acids is 1. The molecule has 1 N–H and O–H groups in total. The molecule has 0 saturated carbocycles. The number of amides is 1. The average molecular weight is 296 g/mol. The number of ether oxygens (including phenoxy) is 1. The number of hydrogen-bond donors (Lipinski definition) is 1. The third-order valence-corrected chi connectivity index (χ3v) is 4.79. The fourth-order valence-electron chi connectivity index (χ4n) is 2.45. The van der Waals surface area contributed by atoms with Gasteiger partial charge in [-0.05, 0) is 38.5 Å². The van der Waals surface area contributed by atoms with Crippen molar-refractivity contribution in [1.29, 1.82) is 0 Å². The largest absolute Gasteiger partial charge is 0.381 e. The van der Waals surface area contributed by atoms with Crippen molar-refractivity contribution in [2.75, 3.05) is 13.2 Å². The van der Waals surface area contributed by atoms with Crippen LogP contribution in [0.25, 0.3) is 0 Å². The van der Waals surface area contributed by atoms with E-state index in [1.807, 2.05) is 6.92 Å². The molecule has 1 amide bonds. The quantitative estimate of drug-likeness (QED) is 0.878. The fraction of sp³-hybridized carbons (Fsp3) is 0.733. The van der Waals surface area contributed by atoms with Gasteiger partial charge in [-0.1, -0.05) is 6.92 Å². The van der Waals surface area contributed by atoms with Gasteiger partial charge in [0.1, 0.15) is 0 Å². The highest BCUT2D eigenvalue weighted by Gasteiger charge is 2.17. The minimum Gasteiger partial charge on any atom is -0.381 e. The number of nitrogens with one attached hydrogen (secondary N) is 1. The first kappa shape index (κ1) is 15.4. The van der Waals surface area contributed by atoms with E-state index in [4.69, 9.17) is 4.74 Å². The maximum atomic E-state index is 11.9. The van der Waals surface area contributed by atoms with E-state index in [9.17, 15) is 4.79 Å². The lowest BCUT2D eigenvalue weighted by Gasteiger charge is -2.21. The third-order valence-electron chi connectivity index (χ3n) is 3.58. The van der Waals surface area contributed by atoms with Gasteiger partial charge >= 0.3 is 0 Å². The molecule has 1 aromatic rings. The van der Waals surface area contributed by atoms with Crippen LogP contribution in [-0.4, -0.2) is 24.1 Å². The van der Waals surface area contributed by atoms with Crippen molar-refractivity contribution in [3.05, 3.63) is 15.6 Å². The average Bonchev–Trinajstić information content (AvgIpc) is 2.78. The Morgan fingerprint density at radius 1 is 1.55 bits per heavy atom. The molecule has 1 aliphatic rings. The molecule has 0 radical (unpaired) electrons. The molecule has 112 valence electrons. The molecule has 1 aromatic heterocycles. The van der Waals surface area contributed by atoms with E-state index in [1.54, 1.807) is 11.3 Å². The zero-order valence-electron chi connectivity index (χ0n) is 12.4. The van der Waals surface area contributed by atoms with E-state index >= 15 is 0 Å². The summed E-state index contributed by atoms with van der Waals surface area (Å²) in [6, 6.07) is 0. The zero-order valence-corrected chi connectivity index (χ0v) is 13.2. The van der Waals surface area contributed by atoms with Gasteiger partial charge in [0, 0.05) is 24.5 Å². The first-order chi connectivity index (χ1) is 9.69. The van der Waals surface area contributed by atoms with Crippen LogP contribution in [0.3, 0.4) is 0 Å². The number of rotatable bonds is 6. The van der Waals surface area contributed by atoms with Crippen molar-refractivity contribution in [1.82, 2.24) is 10.3 Å². The Kier molecular flexibility index (Phi) is 5.98. The highest BCUT2D eigenvalue weighted by molar-refractivity contribution is 7.11. The van der Waals surface area contributed by atoms with Gasteiger partial charge in [-0.15, -0.1) is 11.3 Å². The van der Waals surface area contributed by atoms with Gasteiger partial charge in [0.2, 0.25) is 5.91 Å². The molecule has 0 aromatic carbocycles. The van der Waals surface area contributed by atoms with Crippen LogP contribution in [0.5, 0.6) is 0 Å². The fourth-order valence-corrected chi connectivity index (χ4v) is 3.57. The maximum absolute atomic E-state index is 11.9. The van der Waals surface area contributed by atoms with E-state index in [0.717, 1.165) is 44.6 Å². The topological polar surface area (TPSA) is 51.2 Å². The predicted octanol–water partition coefficient (Wildman–Crippen LogP) is 2.84. The Balaban J connectivity index is 1.77. The van der Waals surface area contributed by atoms with Crippen molar-refractivity contribution in [3.8, 4) is 0 Å². The molecule has 1 atom stereocenters. The monoisotopic (exact) mass is 296 g/mol. The van der Waals surface area contributed by atoms with E-state index in [1.165, 1.54) is 9.88 Å². The van der Waals surface area contributed by atoms with Crippen molar-refractivity contribution in [3.63, 3.8) is 0 Å². The van der Waals surface area contributed by atoms with Gasteiger partial charge in [0.15, 0.2) is 0 Å². The number of carbonyl (C=O) groups is 1. The van der Waals surface area contributed by atoms with Crippen LogP contribution in [0.4, 0.5) is 0 Å². The van der Waals surface area contributed by atoms with Crippen molar-refractivity contribution < 1.29 is 9.53 Å². The lowest BCUT2D eigenvalue weighted by molar-refractivity contribution is -0.123.